The summed E-state index contributed by atoms with van der Waals surface area (Å²) in [5, 5.41) is 34.2. The zero-order valence-electron chi connectivity index (χ0n) is 18.3. The molecule has 0 aliphatic carbocycles. The summed E-state index contributed by atoms with van der Waals surface area (Å²) in [7, 11) is 0. The number of nitrogens with two attached hydrogens (primary N) is 2. The Bertz CT molecular complexity index is 734. The molecule has 0 radical (unpaired) electrons. The summed E-state index contributed by atoms with van der Waals surface area (Å²) in [6.07, 6.45) is -0.966. The fourth-order valence-corrected chi connectivity index (χ4v) is 3.00. The van der Waals surface area contributed by atoms with Gasteiger partial charge in [0.05, 0.1) is 18.6 Å². The van der Waals surface area contributed by atoms with E-state index in [0.717, 1.165) is 6.92 Å². The van der Waals surface area contributed by atoms with Gasteiger partial charge >= 0.3 is 11.9 Å². The van der Waals surface area contributed by atoms with Crippen LogP contribution in [0.5, 0.6) is 0 Å². The summed E-state index contributed by atoms with van der Waals surface area (Å²) in [5.74, 6) is -6.15. The van der Waals surface area contributed by atoms with Gasteiger partial charge in [-0.15, -0.1) is 0 Å². The second-order valence-electron chi connectivity index (χ2n) is 7.18. The number of carboxylic acid groups (broad SMARTS) is 2. The van der Waals surface area contributed by atoms with Crippen molar-refractivity contribution in [1.29, 1.82) is 0 Å². The van der Waals surface area contributed by atoms with E-state index in [0.29, 0.717) is 5.75 Å². The fourth-order valence-electron chi connectivity index (χ4n) is 2.51. The molecule has 5 atom stereocenters. The van der Waals surface area contributed by atoms with Crippen LogP contribution >= 0.6 is 11.8 Å². The highest BCUT2D eigenvalue weighted by Gasteiger charge is 2.32. The Morgan fingerprint density at radius 3 is 1.91 bits per heavy atom. The van der Waals surface area contributed by atoms with E-state index < -0.39 is 72.3 Å². The quantitative estimate of drug-likeness (QED) is 0.106. The maximum atomic E-state index is 12.7. The third-order valence-electron chi connectivity index (χ3n) is 4.34. The van der Waals surface area contributed by atoms with Crippen molar-refractivity contribution < 1.29 is 44.1 Å². The molecule has 0 rings (SSSR count). The Hall–Kier alpha value is -2.91. The van der Waals surface area contributed by atoms with Crippen LogP contribution in [-0.4, -0.2) is 93.2 Å². The number of carbonyl (C=O) groups excluding carboxylic acids is 4. The van der Waals surface area contributed by atoms with E-state index in [2.05, 4.69) is 10.6 Å². The predicted molar refractivity (Wildman–Crippen MR) is 117 cm³/mol. The smallest absolute Gasteiger partial charge is 0.328 e. The lowest BCUT2D eigenvalue weighted by Crippen LogP contribution is -2.58. The number of amides is 4. The molecule has 15 heteroatoms. The van der Waals surface area contributed by atoms with Gasteiger partial charge in [-0.2, -0.15) is 11.8 Å². The number of nitrogens with one attached hydrogen (secondary N) is 3. The molecule has 0 bridgehead atoms. The summed E-state index contributed by atoms with van der Waals surface area (Å²) in [6, 6.07) is -5.83. The lowest BCUT2D eigenvalue weighted by molar-refractivity contribution is -0.145. The molecule has 0 aromatic heterocycles. The van der Waals surface area contributed by atoms with Gasteiger partial charge in [0.15, 0.2) is 6.04 Å². The van der Waals surface area contributed by atoms with Gasteiger partial charge in [0, 0.05) is 6.42 Å². The van der Waals surface area contributed by atoms with E-state index >= 15 is 0 Å². The lowest BCUT2D eigenvalue weighted by Gasteiger charge is -2.25. The highest BCUT2D eigenvalue weighted by molar-refractivity contribution is 7.98. The molecule has 33 heavy (non-hydrogen) atoms. The molecule has 5 unspecified atom stereocenters. The number of aliphatic hydroxyl groups is 1. The van der Waals surface area contributed by atoms with E-state index in [1.165, 1.54) is 11.8 Å². The van der Waals surface area contributed by atoms with Crippen molar-refractivity contribution in [2.45, 2.75) is 62.9 Å². The monoisotopic (exact) mass is 493 g/mol. The average molecular weight is 494 g/mol. The Labute approximate surface area is 194 Å². The number of thioether (sulfide) groups is 1. The predicted octanol–water partition coefficient (Wildman–Crippen LogP) is -3.27. The normalized spacial score (nSPS) is 15.3. The molecular weight excluding hydrogens is 462 g/mol. The first-order valence-electron chi connectivity index (χ1n) is 9.86. The van der Waals surface area contributed by atoms with Gasteiger partial charge in [-0.05, 0) is 31.8 Å². The third kappa shape index (κ3) is 12.1. The van der Waals surface area contributed by atoms with E-state index in [-0.39, 0.29) is 19.3 Å². The van der Waals surface area contributed by atoms with E-state index in [4.69, 9.17) is 21.7 Å². The maximum absolute atomic E-state index is 12.7. The molecular formula is C18H31N5O9S. The number of carboxylic acids is 2. The summed E-state index contributed by atoms with van der Waals surface area (Å²) in [4.78, 5) is 70.9. The Balaban J connectivity index is 5.54. The summed E-state index contributed by atoms with van der Waals surface area (Å²) >= 11 is 1.44. The standard InChI is InChI=1S/C18H31N5O9S/c1-8(24)14(18(31)32)23-16(29)10(3-4-12(20)25)21-17(30)11(7-13(26)27)22-15(28)9(19)5-6-33-2/h8-11,14,24H,3-7,19H2,1-2H3,(H2,20,25)(H,21,30)(H,22,28)(H,23,29)(H,26,27)(H,31,32). The number of carbonyl (C=O) groups is 6. The number of primary amides is 1. The number of aliphatic hydroxyl groups excluding tert-OH is 1. The minimum absolute atomic E-state index is 0.272. The number of rotatable bonds is 16. The number of hydrogen-bond donors (Lipinski definition) is 8. The van der Waals surface area contributed by atoms with Crippen molar-refractivity contribution in [3.8, 4) is 0 Å². The highest BCUT2D eigenvalue weighted by atomic mass is 32.2. The molecule has 0 spiro atoms. The highest BCUT2D eigenvalue weighted by Crippen LogP contribution is 2.04. The summed E-state index contributed by atoms with van der Waals surface area (Å²) in [6.45, 7) is 1.12. The SMILES string of the molecule is CSCCC(N)C(=O)NC(CC(=O)O)C(=O)NC(CCC(N)=O)C(=O)NC(C(=O)O)C(C)O. The average Bonchev–Trinajstić information content (AvgIpc) is 2.71. The number of hydrogen-bond acceptors (Lipinski definition) is 9. The van der Waals surface area contributed by atoms with Crippen LogP contribution in [0, 0.1) is 0 Å². The molecule has 0 aromatic rings. The van der Waals surface area contributed by atoms with Gasteiger partial charge in [0.25, 0.3) is 0 Å². The third-order valence-corrected chi connectivity index (χ3v) is 4.98. The van der Waals surface area contributed by atoms with Gasteiger partial charge in [0.2, 0.25) is 23.6 Å². The van der Waals surface area contributed by atoms with Gasteiger partial charge in [-0.1, -0.05) is 0 Å². The van der Waals surface area contributed by atoms with Crippen molar-refractivity contribution in [3.05, 3.63) is 0 Å². The second-order valence-corrected chi connectivity index (χ2v) is 8.16. The molecule has 0 aliphatic rings. The van der Waals surface area contributed by atoms with Crippen molar-refractivity contribution in [1.82, 2.24) is 16.0 Å². The van der Waals surface area contributed by atoms with Gasteiger partial charge in [0.1, 0.15) is 12.1 Å². The van der Waals surface area contributed by atoms with Crippen LogP contribution in [0.1, 0.15) is 32.6 Å². The zero-order valence-corrected chi connectivity index (χ0v) is 19.1. The van der Waals surface area contributed by atoms with Crippen LogP contribution in [0.4, 0.5) is 0 Å². The molecule has 0 saturated carbocycles. The zero-order chi connectivity index (χ0) is 25.7. The summed E-state index contributed by atoms with van der Waals surface area (Å²) in [5.41, 5.74) is 10.8. The topological polar surface area (TPSA) is 251 Å². The largest absolute Gasteiger partial charge is 0.481 e. The lowest BCUT2D eigenvalue weighted by atomic mass is 10.1. The second kappa shape index (κ2) is 15.0. The Morgan fingerprint density at radius 1 is 0.909 bits per heavy atom. The molecule has 14 nitrogen and oxygen atoms in total. The van der Waals surface area contributed by atoms with E-state index in [9.17, 15) is 33.9 Å². The molecule has 188 valence electrons. The van der Waals surface area contributed by atoms with Crippen LogP contribution in [0.25, 0.3) is 0 Å². The molecule has 0 aromatic carbocycles. The molecule has 0 fully saturated rings. The Kier molecular flexibility index (Phi) is 13.7. The first-order chi connectivity index (χ1) is 15.3. The van der Waals surface area contributed by atoms with Gasteiger partial charge in [-0.25, -0.2) is 4.79 Å². The van der Waals surface area contributed by atoms with Crippen molar-refractivity contribution in [2.75, 3.05) is 12.0 Å². The first kappa shape index (κ1) is 30.1. The maximum Gasteiger partial charge on any atom is 0.328 e. The summed E-state index contributed by atoms with van der Waals surface area (Å²) < 4.78 is 0. The first-order valence-corrected chi connectivity index (χ1v) is 11.3. The van der Waals surface area contributed by atoms with Crippen molar-refractivity contribution in [2.24, 2.45) is 11.5 Å². The van der Waals surface area contributed by atoms with Crippen LogP contribution in [0.3, 0.4) is 0 Å². The van der Waals surface area contributed by atoms with Gasteiger partial charge < -0.3 is 42.7 Å². The van der Waals surface area contributed by atoms with Crippen molar-refractivity contribution >= 4 is 47.3 Å². The molecule has 0 aliphatic heterocycles. The number of aliphatic carboxylic acids is 2. The van der Waals surface area contributed by atoms with Crippen LogP contribution in [0.15, 0.2) is 0 Å². The molecule has 10 N–H and O–H groups in total. The molecule has 4 amide bonds. The van der Waals surface area contributed by atoms with Crippen LogP contribution in [0.2, 0.25) is 0 Å². The fraction of sp³-hybridized carbons (Fsp3) is 0.667. The molecule has 0 saturated heterocycles. The molecule has 0 heterocycles. The van der Waals surface area contributed by atoms with Crippen LogP contribution < -0.4 is 27.4 Å². The van der Waals surface area contributed by atoms with Gasteiger partial charge in [-0.3, -0.25) is 24.0 Å². The van der Waals surface area contributed by atoms with Crippen molar-refractivity contribution in [3.63, 3.8) is 0 Å². The Morgan fingerprint density at radius 2 is 1.45 bits per heavy atom. The van der Waals surface area contributed by atoms with E-state index in [1.54, 1.807) is 6.26 Å². The minimum Gasteiger partial charge on any atom is -0.481 e. The van der Waals surface area contributed by atoms with Crippen LogP contribution in [-0.2, 0) is 28.8 Å². The minimum atomic E-state index is -1.71. The van der Waals surface area contributed by atoms with E-state index in [1.807, 2.05) is 5.32 Å².